The molecule has 0 amide bonds. The molecule has 0 atom stereocenters. The zero-order chi connectivity index (χ0) is 19.3. The molecule has 27 heavy (non-hydrogen) atoms. The molecule has 142 valence electrons. The van der Waals surface area contributed by atoms with Crippen LogP contribution in [0.15, 0.2) is 58.4 Å². The van der Waals surface area contributed by atoms with Crippen molar-refractivity contribution in [1.82, 2.24) is 4.72 Å². The van der Waals surface area contributed by atoms with Crippen molar-refractivity contribution in [3.8, 4) is 0 Å². The highest BCUT2D eigenvalue weighted by Gasteiger charge is 2.29. The fourth-order valence-electron chi connectivity index (χ4n) is 2.44. The molecule has 0 aromatic heterocycles. The van der Waals surface area contributed by atoms with Gasteiger partial charge < -0.3 is 9.47 Å². The molecule has 0 fully saturated rings. The molecule has 9 heteroatoms. The van der Waals surface area contributed by atoms with E-state index in [-0.39, 0.29) is 31.3 Å². The lowest BCUT2D eigenvalue weighted by Gasteiger charge is -2.06. The molecule has 0 spiro atoms. The summed E-state index contributed by atoms with van der Waals surface area (Å²) in [5.41, 5.74) is 0.965. The van der Waals surface area contributed by atoms with Gasteiger partial charge in [-0.05, 0) is 36.4 Å². The second-order valence-corrected chi connectivity index (χ2v) is 7.67. The van der Waals surface area contributed by atoms with E-state index in [2.05, 4.69) is 9.71 Å². The predicted octanol–water partition coefficient (Wildman–Crippen LogP) is 2.25. The van der Waals surface area contributed by atoms with Gasteiger partial charge >= 0.3 is 5.97 Å². The minimum absolute atomic E-state index is 0.105. The van der Waals surface area contributed by atoms with Crippen molar-refractivity contribution in [2.24, 2.45) is 4.99 Å². The SMILES string of the molecule is O=C(OCCOCCN=C1NS(=O)(=O)c2ccccc21)c1ccc(Cl)cc1. The monoisotopic (exact) mass is 408 g/mol. The lowest BCUT2D eigenvalue weighted by Crippen LogP contribution is -2.22. The van der Waals surface area contributed by atoms with E-state index in [1.54, 1.807) is 42.5 Å². The van der Waals surface area contributed by atoms with E-state index >= 15 is 0 Å². The van der Waals surface area contributed by atoms with Crippen LogP contribution in [0.3, 0.4) is 0 Å². The summed E-state index contributed by atoms with van der Waals surface area (Å²) in [5, 5.41) is 0.545. The Morgan fingerprint density at radius 2 is 1.78 bits per heavy atom. The first-order chi connectivity index (χ1) is 13.0. The molecular formula is C18H17ClN2O5S. The molecule has 2 aromatic rings. The lowest BCUT2D eigenvalue weighted by atomic mass is 10.2. The molecule has 1 heterocycles. The van der Waals surface area contributed by atoms with Gasteiger partial charge in [0, 0.05) is 10.6 Å². The number of ether oxygens (including phenoxy) is 2. The molecule has 1 aliphatic heterocycles. The van der Waals surface area contributed by atoms with Crippen LogP contribution in [-0.4, -0.2) is 46.6 Å². The molecule has 2 aromatic carbocycles. The molecular weight excluding hydrogens is 392 g/mol. The minimum Gasteiger partial charge on any atom is -0.460 e. The highest BCUT2D eigenvalue weighted by atomic mass is 35.5. The molecule has 0 saturated heterocycles. The van der Waals surface area contributed by atoms with E-state index < -0.39 is 16.0 Å². The van der Waals surface area contributed by atoms with Gasteiger partial charge in [-0.25, -0.2) is 13.2 Å². The van der Waals surface area contributed by atoms with Crippen LogP contribution in [0.2, 0.25) is 5.02 Å². The zero-order valence-electron chi connectivity index (χ0n) is 14.2. The third-order valence-corrected chi connectivity index (χ3v) is 5.36. The molecule has 0 unspecified atom stereocenters. The van der Waals surface area contributed by atoms with Gasteiger partial charge in [0.05, 0.1) is 30.2 Å². The number of sulfonamides is 1. The van der Waals surface area contributed by atoms with Gasteiger partial charge in [-0.1, -0.05) is 23.7 Å². The maximum atomic E-state index is 12.0. The van der Waals surface area contributed by atoms with Crippen LogP contribution in [0.1, 0.15) is 15.9 Å². The lowest BCUT2D eigenvalue weighted by molar-refractivity contribution is 0.0329. The van der Waals surface area contributed by atoms with Gasteiger partial charge in [0.15, 0.2) is 0 Å². The zero-order valence-corrected chi connectivity index (χ0v) is 15.8. The Kier molecular flexibility index (Phi) is 6.10. The van der Waals surface area contributed by atoms with Crippen LogP contribution < -0.4 is 4.72 Å². The van der Waals surface area contributed by atoms with Crippen LogP contribution in [0.4, 0.5) is 0 Å². The van der Waals surface area contributed by atoms with Crippen molar-refractivity contribution in [2.45, 2.75) is 4.90 Å². The maximum Gasteiger partial charge on any atom is 0.338 e. The van der Waals surface area contributed by atoms with Crippen molar-refractivity contribution < 1.29 is 22.7 Å². The number of hydrogen-bond donors (Lipinski definition) is 1. The molecule has 0 radical (unpaired) electrons. The standard InChI is InChI=1S/C18H17ClN2O5S/c19-14-7-5-13(6-8-14)18(22)26-12-11-25-10-9-20-17-15-3-1-2-4-16(15)27(23,24)21-17/h1-8H,9-12H2,(H,20,21). The number of carbonyl (C=O) groups excluding carboxylic acids is 1. The van der Waals surface area contributed by atoms with Crippen molar-refractivity contribution >= 4 is 33.4 Å². The summed E-state index contributed by atoms with van der Waals surface area (Å²) in [6.45, 7) is 0.864. The van der Waals surface area contributed by atoms with Crippen molar-refractivity contribution in [3.63, 3.8) is 0 Å². The topological polar surface area (TPSA) is 94.1 Å². The van der Waals surface area contributed by atoms with Crippen molar-refractivity contribution in [1.29, 1.82) is 0 Å². The number of fused-ring (bicyclic) bond motifs is 1. The van der Waals surface area contributed by atoms with Crippen LogP contribution >= 0.6 is 11.6 Å². The molecule has 0 aliphatic carbocycles. The van der Waals surface area contributed by atoms with Crippen LogP contribution in [0, 0.1) is 0 Å². The van der Waals surface area contributed by atoms with Crippen LogP contribution in [-0.2, 0) is 19.5 Å². The van der Waals surface area contributed by atoms with E-state index in [1.165, 1.54) is 6.07 Å². The maximum absolute atomic E-state index is 12.0. The Morgan fingerprint density at radius 1 is 1.04 bits per heavy atom. The smallest absolute Gasteiger partial charge is 0.338 e. The largest absolute Gasteiger partial charge is 0.460 e. The van der Waals surface area contributed by atoms with Crippen molar-refractivity contribution in [2.75, 3.05) is 26.4 Å². The Hall–Kier alpha value is -2.42. The molecule has 3 rings (SSSR count). The second kappa shape index (κ2) is 8.51. The first-order valence-corrected chi connectivity index (χ1v) is 10.0. The predicted molar refractivity (Wildman–Crippen MR) is 101 cm³/mol. The van der Waals surface area contributed by atoms with Crippen LogP contribution in [0.25, 0.3) is 0 Å². The summed E-state index contributed by atoms with van der Waals surface area (Å²) in [4.78, 5) is 16.2. The number of halogens is 1. The van der Waals surface area contributed by atoms with Gasteiger partial charge in [0.1, 0.15) is 12.4 Å². The highest BCUT2D eigenvalue weighted by molar-refractivity contribution is 7.90. The average molecular weight is 409 g/mol. The van der Waals surface area contributed by atoms with E-state index in [9.17, 15) is 13.2 Å². The number of nitrogens with zero attached hydrogens (tertiary/aromatic N) is 1. The van der Waals surface area contributed by atoms with E-state index in [0.29, 0.717) is 22.0 Å². The molecule has 1 aliphatic rings. The first-order valence-electron chi connectivity index (χ1n) is 8.14. The number of nitrogens with one attached hydrogen (secondary N) is 1. The second-order valence-electron chi connectivity index (χ2n) is 5.59. The van der Waals surface area contributed by atoms with E-state index in [4.69, 9.17) is 21.1 Å². The summed E-state index contributed by atoms with van der Waals surface area (Å²) >= 11 is 5.76. The molecule has 1 N–H and O–H groups in total. The minimum atomic E-state index is -3.53. The Morgan fingerprint density at radius 3 is 2.56 bits per heavy atom. The quantitative estimate of drug-likeness (QED) is 0.560. The summed E-state index contributed by atoms with van der Waals surface area (Å²) < 4.78 is 36.8. The van der Waals surface area contributed by atoms with E-state index in [1.807, 2.05) is 0 Å². The Bertz CT molecular complexity index is 958. The number of rotatable bonds is 7. The highest BCUT2D eigenvalue weighted by Crippen LogP contribution is 2.21. The number of esters is 1. The third kappa shape index (κ3) is 4.85. The van der Waals surface area contributed by atoms with Gasteiger partial charge in [-0.3, -0.25) is 9.71 Å². The van der Waals surface area contributed by atoms with Crippen LogP contribution in [0.5, 0.6) is 0 Å². The number of hydrogen-bond acceptors (Lipinski definition) is 6. The van der Waals surface area contributed by atoms with E-state index in [0.717, 1.165) is 0 Å². The summed E-state index contributed by atoms with van der Waals surface area (Å²) in [6.07, 6.45) is 0. The Balaban J connectivity index is 1.39. The number of benzene rings is 2. The normalized spacial score (nSPS) is 16.0. The molecule has 7 nitrogen and oxygen atoms in total. The third-order valence-electron chi connectivity index (χ3n) is 3.71. The average Bonchev–Trinajstić information content (AvgIpc) is 2.92. The first kappa shape index (κ1) is 19.3. The summed E-state index contributed by atoms with van der Waals surface area (Å²) in [7, 11) is -3.53. The van der Waals surface area contributed by atoms with Crippen molar-refractivity contribution in [3.05, 3.63) is 64.7 Å². The fraction of sp³-hybridized carbons (Fsp3) is 0.222. The Labute approximate surface area is 162 Å². The number of amidine groups is 1. The van der Waals surface area contributed by atoms with Gasteiger partial charge in [-0.15, -0.1) is 0 Å². The molecule has 0 saturated carbocycles. The fourth-order valence-corrected chi connectivity index (χ4v) is 3.81. The summed E-state index contributed by atoms with van der Waals surface area (Å²) in [5.74, 6) is -0.143. The van der Waals surface area contributed by atoms with Gasteiger partial charge in [-0.2, -0.15) is 0 Å². The van der Waals surface area contributed by atoms with Gasteiger partial charge in [0.25, 0.3) is 10.0 Å². The summed E-state index contributed by atoms with van der Waals surface area (Å²) in [6, 6.07) is 13.0. The number of carbonyl (C=O) groups is 1. The molecule has 0 bridgehead atoms. The number of aliphatic imine (C=N–C) groups is 1. The van der Waals surface area contributed by atoms with Gasteiger partial charge in [0.2, 0.25) is 0 Å².